The molecule has 0 unspecified atom stereocenters. The minimum atomic E-state index is 0.518. The van der Waals surface area contributed by atoms with E-state index in [9.17, 15) is 0 Å². The lowest BCUT2D eigenvalue weighted by molar-refractivity contribution is 0.200. The highest BCUT2D eigenvalue weighted by molar-refractivity contribution is 5.99. The number of hydrogen-bond donors (Lipinski definition) is 1. The number of para-hydroxylation sites is 1. The van der Waals surface area contributed by atoms with Crippen LogP contribution in [0.2, 0.25) is 0 Å². The Morgan fingerprint density at radius 2 is 1.67 bits per heavy atom. The summed E-state index contributed by atoms with van der Waals surface area (Å²) in [6, 6.07) is 15.6. The maximum atomic E-state index is 6.37. The van der Waals surface area contributed by atoms with E-state index < -0.39 is 0 Å². The minimum absolute atomic E-state index is 0.518. The normalized spacial score (nSPS) is 14.2. The maximum Gasteiger partial charge on any atom is 0.228 e. The van der Waals surface area contributed by atoms with E-state index in [1.165, 1.54) is 0 Å². The summed E-state index contributed by atoms with van der Waals surface area (Å²) in [5.41, 5.74) is 8.52. The number of aryl methyl sites for hydroxylation is 1. The number of nitrogen functional groups attached to an aromatic ring is 1. The number of nitrogens with two attached hydrogens (primary N) is 1. The fourth-order valence-corrected chi connectivity index (χ4v) is 4.42. The van der Waals surface area contributed by atoms with Crippen molar-refractivity contribution < 1.29 is 14.2 Å². The molecule has 10 heteroatoms. The molecule has 2 aromatic carbocycles. The molecule has 0 amide bonds. The van der Waals surface area contributed by atoms with Gasteiger partial charge in [-0.15, -0.1) is 0 Å². The fourth-order valence-electron chi connectivity index (χ4n) is 4.42. The van der Waals surface area contributed by atoms with Crippen LogP contribution in [0.5, 0.6) is 17.2 Å². The first-order valence-corrected chi connectivity index (χ1v) is 11.9. The van der Waals surface area contributed by atoms with Crippen molar-refractivity contribution >= 4 is 22.8 Å². The van der Waals surface area contributed by atoms with E-state index in [4.69, 9.17) is 29.9 Å². The van der Waals surface area contributed by atoms with Crippen LogP contribution in [0.4, 0.5) is 11.8 Å². The first kappa shape index (κ1) is 23.7. The Labute approximate surface area is 210 Å². The van der Waals surface area contributed by atoms with Crippen molar-refractivity contribution in [3.8, 4) is 28.5 Å². The van der Waals surface area contributed by atoms with Gasteiger partial charge in [-0.1, -0.05) is 18.2 Å². The van der Waals surface area contributed by atoms with Crippen LogP contribution in [-0.4, -0.2) is 78.2 Å². The summed E-state index contributed by atoms with van der Waals surface area (Å²) < 4.78 is 18.4. The van der Waals surface area contributed by atoms with Gasteiger partial charge in [-0.3, -0.25) is 9.58 Å². The minimum Gasteiger partial charge on any atom is -0.493 e. The van der Waals surface area contributed by atoms with Crippen molar-refractivity contribution in [3.63, 3.8) is 0 Å². The highest BCUT2D eigenvalue weighted by Crippen LogP contribution is 2.36. The number of nitrogens with zero attached hydrogens (tertiary/aromatic N) is 6. The predicted molar refractivity (Wildman–Crippen MR) is 140 cm³/mol. The van der Waals surface area contributed by atoms with Gasteiger partial charge in [0, 0.05) is 45.3 Å². The van der Waals surface area contributed by atoms with Crippen molar-refractivity contribution in [1.82, 2.24) is 24.6 Å². The molecule has 0 bridgehead atoms. The molecule has 1 saturated heterocycles. The zero-order valence-corrected chi connectivity index (χ0v) is 20.8. The van der Waals surface area contributed by atoms with Gasteiger partial charge in [0.25, 0.3) is 0 Å². The second-order valence-corrected chi connectivity index (χ2v) is 8.64. The van der Waals surface area contributed by atoms with Crippen molar-refractivity contribution in [3.05, 3.63) is 48.5 Å². The van der Waals surface area contributed by atoms with Gasteiger partial charge >= 0.3 is 0 Å². The molecule has 188 valence electrons. The molecule has 5 rings (SSSR count). The Balaban J connectivity index is 1.35. The van der Waals surface area contributed by atoms with Gasteiger partial charge < -0.3 is 24.8 Å². The highest BCUT2D eigenvalue weighted by Gasteiger charge is 2.23. The summed E-state index contributed by atoms with van der Waals surface area (Å²) in [7, 11) is 5.04. The van der Waals surface area contributed by atoms with E-state index in [1.54, 1.807) is 18.9 Å². The molecular formula is C26H31N7O3. The first-order valence-electron chi connectivity index (χ1n) is 11.9. The molecule has 0 atom stereocenters. The Kier molecular flexibility index (Phi) is 6.77. The van der Waals surface area contributed by atoms with E-state index in [0.29, 0.717) is 35.5 Å². The topological polar surface area (TPSA) is 104 Å². The van der Waals surface area contributed by atoms with Crippen LogP contribution in [0.1, 0.15) is 0 Å². The second-order valence-electron chi connectivity index (χ2n) is 8.64. The third-order valence-corrected chi connectivity index (χ3v) is 6.46. The molecular weight excluding hydrogens is 458 g/mol. The van der Waals surface area contributed by atoms with Crippen LogP contribution < -0.4 is 24.8 Å². The zero-order chi connectivity index (χ0) is 25.1. The predicted octanol–water partition coefficient (Wildman–Crippen LogP) is 2.83. The van der Waals surface area contributed by atoms with Gasteiger partial charge in [-0.2, -0.15) is 10.1 Å². The number of aromatic nitrogens is 4. The Bertz CT molecular complexity index is 1330. The second kappa shape index (κ2) is 10.3. The number of anilines is 2. The maximum absolute atomic E-state index is 6.37. The number of methoxy groups -OCH3 is 2. The van der Waals surface area contributed by atoms with Gasteiger partial charge in [0.1, 0.15) is 18.2 Å². The number of ether oxygens (including phenoxy) is 3. The fraction of sp³-hybridized carbons (Fsp3) is 0.346. The van der Waals surface area contributed by atoms with Crippen LogP contribution in [0.15, 0.2) is 48.5 Å². The summed E-state index contributed by atoms with van der Waals surface area (Å²) in [5.74, 6) is 3.33. The standard InChI is InChI=1S/C26H31N7O3/c1-31-24(27)22-23(18-9-10-20(34-2)21(17-18)35-3)28-26(29-25(22)30-31)33-13-11-32(12-14-33)15-16-36-19-7-5-4-6-8-19/h4-10,17H,11-16,27H2,1-3H3. The van der Waals surface area contributed by atoms with Crippen LogP contribution in [0, 0.1) is 0 Å². The molecule has 0 spiro atoms. The molecule has 0 aliphatic carbocycles. The summed E-state index contributed by atoms with van der Waals surface area (Å²) in [6.45, 7) is 4.94. The molecule has 3 heterocycles. The van der Waals surface area contributed by atoms with E-state index in [0.717, 1.165) is 55.1 Å². The number of piperazine rings is 1. The van der Waals surface area contributed by atoms with E-state index in [2.05, 4.69) is 14.9 Å². The zero-order valence-electron chi connectivity index (χ0n) is 20.8. The van der Waals surface area contributed by atoms with Crippen LogP contribution >= 0.6 is 0 Å². The summed E-state index contributed by atoms with van der Waals surface area (Å²) in [5, 5.41) is 5.27. The van der Waals surface area contributed by atoms with Crippen molar-refractivity contribution in [2.24, 2.45) is 7.05 Å². The van der Waals surface area contributed by atoms with Gasteiger partial charge in [-0.05, 0) is 30.3 Å². The van der Waals surface area contributed by atoms with Crippen molar-refractivity contribution in [2.75, 3.05) is 64.2 Å². The lowest BCUT2D eigenvalue weighted by Crippen LogP contribution is -2.48. The SMILES string of the molecule is COc1ccc(-c2nc(N3CCN(CCOc4ccccc4)CC3)nc3nn(C)c(N)c23)cc1OC. The molecule has 2 N–H and O–H groups in total. The molecule has 36 heavy (non-hydrogen) atoms. The van der Waals surface area contributed by atoms with Crippen LogP contribution in [-0.2, 0) is 7.05 Å². The van der Waals surface area contributed by atoms with Gasteiger partial charge in [0.2, 0.25) is 5.95 Å². The molecule has 2 aromatic heterocycles. The number of fused-ring (bicyclic) bond motifs is 1. The Morgan fingerprint density at radius 3 is 2.39 bits per heavy atom. The first-order chi connectivity index (χ1) is 17.6. The molecule has 0 saturated carbocycles. The quantitative estimate of drug-likeness (QED) is 0.400. The average Bonchev–Trinajstić information content (AvgIpc) is 3.21. The van der Waals surface area contributed by atoms with E-state index in [-0.39, 0.29) is 0 Å². The summed E-state index contributed by atoms with van der Waals surface area (Å²) in [6.07, 6.45) is 0. The third kappa shape index (κ3) is 4.72. The molecule has 1 aliphatic heterocycles. The molecule has 1 fully saturated rings. The molecule has 10 nitrogen and oxygen atoms in total. The van der Waals surface area contributed by atoms with Gasteiger partial charge in [0.05, 0.1) is 25.3 Å². The summed E-state index contributed by atoms with van der Waals surface area (Å²) >= 11 is 0. The average molecular weight is 490 g/mol. The van der Waals surface area contributed by atoms with Crippen LogP contribution in [0.25, 0.3) is 22.3 Å². The van der Waals surface area contributed by atoms with Gasteiger partial charge in [-0.25, -0.2) is 4.98 Å². The Hall–Kier alpha value is -4.05. The smallest absolute Gasteiger partial charge is 0.228 e. The summed E-state index contributed by atoms with van der Waals surface area (Å²) in [4.78, 5) is 14.3. The lowest BCUT2D eigenvalue weighted by Gasteiger charge is -2.34. The van der Waals surface area contributed by atoms with Crippen molar-refractivity contribution in [1.29, 1.82) is 0 Å². The monoisotopic (exact) mass is 489 g/mol. The van der Waals surface area contributed by atoms with Gasteiger partial charge in [0.15, 0.2) is 17.1 Å². The van der Waals surface area contributed by atoms with E-state index >= 15 is 0 Å². The molecule has 0 radical (unpaired) electrons. The van der Waals surface area contributed by atoms with E-state index in [1.807, 2.05) is 55.6 Å². The number of rotatable bonds is 8. The lowest BCUT2D eigenvalue weighted by atomic mass is 10.1. The number of benzene rings is 2. The van der Waals surface area contributed by atoms with Crippen LogP contribution in [0.3, 0.4) is 0 Å². The highest BCUT2D eigenvalue weighted by atomic mass is 16.5. The largest absolute Gasteiger partial charge is 0.493 e. The van der Waals surface area contributed by atoms with Crippen molar-refractivity contribution in [2.45, 2.75) is 0 Å². The Morgan fingerprint density at radius 1 is 0.917 bits per heavy atom. The number of hydrogen-bond acceptors (Lipinski definition) is 9. The third-order valence-electron chi connectivity index (χ3n) is 6.46. The molecule has 4 aromatic rings. The molecule has 1 aliphatic rings.